The van der Waals surface area contributed by atoms with Gasteiger partial charge in [0.25, 0.3) is 0 Å². The Morgan fingerprint density at radius 1 is 1.30 bits per heavy atom. The van der Waals surface area contributed by atoms with Crippen molar-refractivity contribution < 1.29 is 18.3 Å². The quantitative estimate of drug-likeness (QED) is 0.832. The summed E-state index contributed by atoms with van der Waals surface area (Å²) in [7, 11) is 0. The summed E-state index contributed by atoms with van der Waals surface area (Å²) in [6.07, 6.45) is -5.19. The number of rotatable bonds is 6. The number of aliphatic hydroxyl groups is 1. The van der Waals surface area contributed by atoms with E-state index in [-0.39, 0.29) is 13.2 Å². The van der Waals surface area contributed by atoms with Gasteiger partial charge in [-0.25, -0.2) is 4.68 Å². The molecule has 0 saturated carbocycles. The van der Waals surface area contributed by atoms with Gasteiger partial charge in [-0.15, -0.1) is 0 Å². The highest BCUT2D eigenvalue weighted by atomic mass is 35.5. The van der Waals surface area contributed by atoms with Crippen LogP contribution in [-0.2, 0) is 6.54 Å². The number of aromatic nitrogens is 2. The lowest BCUT2D eigenvalue weighted by Crippen LogP contribution is -2.25. The van der Waals surface area contributed by atoms with Gasteiger partial charge in [0.15, 0.2) is 0 Å². The molecule has 0 radical (unpaired) electrons. The molecular formula is C15H17ClF3N3O. The van der Waals surface area contributed by atoms with E-state index in [0.29, 0.717) is 16.5 Å². The van der Waals surface area contributed by atoms with Gasteiger partial charge >= 0.3 is 6.18 Å². The van der Waals surface area contributed by atoms with Crippen LogP contribution in [0.3, 0.4) is 0 Å². The topological polar surface area (TPSA) is 50.1 Å². The third kappa shape index (κ3) is 5.14. The molecule has 1 heterocycles. The maximum Gasteiger partial charge on any atom is 0.391 e. The number of hydrogen-bond acceptors (Lipinski definition) is 3. The third-order valence-electron chi connectivity index (χ3n) is 3.16. The summed E-state index contributed by atoms with van der Waals surface area (Å²) in [5.41, 5.74) is 1.38. The fourth-order valence-corrected chi connectivity index (χ4v) is 2.34. The molecule has 2 rings (SSSR count). The lowest BCUT2D eigenvalue weighted by atomic mass is 10.1. The molecule has 1 unspecified atom stereocenters. The van der Waals surface area contributed by atoms with E-state index in [1.165, 1.54) is 11.6 Å². The van der Waals surface area contributed by atoms with Gasteiger partial charge in [-0.1, -0.05) is 23.7 Å². The Morgan fingerprint density at radius 2 is 1.96 bits per heavy atom. The summed E-state index contributed by atoms with van der Waals surface area (Å²) in [5.74, 6) is 0.431. The van der Waals surface area contributed by atoms with Crippen molar-refractivity contribution in [3.05, 3.63) is 35.4 Å². The summed E-state index contributed by atoms with van der Waals surface area (Å²) in [5, 5.41) is 16.8. The first-order chi connectivity index (χ1) is 10.8. The van der Waals surface area contributed by atoms with Gasteiger partial charge in [0.05, 0.1) is 25.3 Å². The number of halogens is 4. The van der Waals surface area contributed by atoms with Crippen LogP contribution >= 0.6 is 11.6 Å². The van der Waals surface area contributed by atoms with Crippen LogP contribution in [0, 0.1) is 0 Å². The molecule has 2 aromatic rings. The van der Waals surface area contributed by atoms with Gasteiger partial charge in [-0.2, -0.15) is 18.3 Å². The number of aliphatic hydroxyl groups excluding tert-OH is 1. The zero-order chi connectivity index (χ0) is 17.0. The Kier molecular flexibility index (Phi) is 5.54. The van der Waals surface area contributed by atoms with Gasteiger partial charge in [-0.05, 0) is 19.1 Å². The highest BCUT2D eigenvalue weighted by Crippen LogP contribution is 2.26. The fourth-order valence-electron chi connectivity index (χ4n) is 2.21. The van der Waals surface area contributed by atoms with Crippen molar-refractivity contribution in [2.75, 3.05) is 11.9 Å². The van der Waals surface area contributed by atoms with Crippen molar-refractivity contribution in [2.45, 2.75) is 32.1 Å². The number of anilines is 1. The van der Waals surface area contributed by atoms with E-state index in [0.717, 1.165) is 5.56 Å². The maximum atomic E-state index is 12.5. The number of alkyl halides is 3. The molecule has 1 aromatic heterocycles. The third-order valence-corrected chi connectivity index (χ3v) is 3.42. The molecule has 2 N–H and O–H groups in total. The van der Waals surface area contributed by atoms with E-state index in [1.54, 1.807) is 30.3 Å². The van der Waals surface area contributed by atoms with Crippen LogP contribution in [0.1, 0.15) is 13.3 Å². The number of nitrogens with one attached hydrogen (secondary N) is 1. The zero-order valence-electron chi connectivity index (χ0n) is 12.4. The van der Waals surface area contributed by atoms with Crippen LogP contribution in [0.5, 0.6) is 0 Å². The number of nitrogens with zero attached hydrogens (tertiary/aromatic N) is 2. The predicted molar refractivity (Wildman–Crippen MR) is 83.5 cm³/mol. The van der Waals surface area contributed by atoms with Crippen LogP contribution in [-0.4, -0.2) is 33.7 Å². The summed E-state index contributed by atoms with van der Waals surface area (Å²) < 4.78 is 38.8. The Labute approximate surface area is 136 Å². The highest BCUT2D eigenvalue weighted by molar-refractivity contribution is 6.30. The maximum absolute atomic E-state index is 12.5. The van der Waals surface area contributed by atoms with Gasteiger partial charge < -0.3 is 10.4 Å². The zero-order valence-corrected chi connectivity index (χ0v) is 13.2. The summed E-state index contributed by atoms with van der Waals surface area (Å²) >= 11 is 5.84. The molecule has 4 nitrogen and oxygen atoms in total. The van der Waals surface area contributed by atoms with Crippen molar-refractivity contribution in [3.8, 4) is 11.3 Å². The minimum atomic E-state index is -4.24. The Morgan fingerprint density at radius 3 is 2.52 bits per heavy atom. The average molecular weight is 348 g/mol. The van der Waals surface area contributed by atoms with Gasteiger partial charge in [-0.3, -0.25) is 0 Å². The van der Waals surface area contributed by atoms with E-state index in [9.17, 15) is 13.2 Å². The minimum absolute atomic E-state index is 0.163. The molecule has 0 amide bonds. The molecule has 8 heteroatoms. The monoisotopic (exact) mass is 347 g/mol. The average Bonchev–Trinajstić information content (AvgIpc) is 2.81. The molecule has 23 heavy (non-hydrogen) atoms. The lowest BCUT2D eigenvalue weighted by molar-refractivity contribution is -0.136. The first-order valence-corrected chi connectivity index (χ1v) is 7.44. The second kappa shape index (κ2) is 7.23. The van der Waals surface area contributed by atoms with Gasteiger partial charge in [0.1, 0.15) is 5.82 Å². The lowest BCUT2D eigenvalue weighted by Gasteiger charge is -2.17. The molecule has 0 spiro atoms. The summed E-state index contributed by atoms with van der Waals surface area (Å²) in [6, 6.07) is 7.82. The highest BCUT2D eigenvalue weighted by Gasteiger charge is 2.30. The first-order valence-electron chi connectivity index (χ1n) is 7.06. The SMILES string of the molecule is CC(CC(F)(F)F)Nc1cc(-c2ccc(Cl)cc2)nn1CCO. The summed E-state index contributed by atoms with van der Waals surface area (Å²) in [4.78, 5) is 0. The van der Waals surface area contributed by atoms with Crippen LogP contribution in [0.2, 0.25) is 5.02 Å². The molecule has 0 aliphatic rings. The standard InChI is InChI=1S/C15H17ClF3N3O/c1-10(9-15(17,18)19)20-14-8-13(21-22(14)6-7-23)11-2-4-12(16)5-3-11/h2-5,8,10,20,23H,6-7,9H2,1H3. The Hall–Kier alpha value is -1.73. The molecular weight excluding hydrogens is 331 g/mol. The van der Waals surface area contributed by atoms with Crippen molar-refractivity contribution in [2.24, 2.45) is 0 Å². The molecule has 0 bridgehead atoms. The van der Waals surface area contributed by atoms with Gasteiger partial charge in [0.2, 0.25) is 0 Å². The first kappa shape index (κ1) is 17.6. The van der Waals surface area contributed by atoms with E-state index < -0.39 is 18.6 Å². The van der Waals surface area contributed by atoms with Crippen molar-refractivity contribution in [1.29, 1.82) is 0 Å². The van der Waals surface area contributed by atoms with Crippen LogP contribution < -0.4 is 5.32 Å². The number of benzene rings is 1. The number of hydrogen-bond donors (Lipinski definition) is 2. The molecule has 126 valence electrons. The fraction of sp³-hybridized carbons (Fsp3) is 0.400. The van der Waals surface area contributed by atoms with E-state index >= 15 is 0 Å². The molecule has 0 aliphatic carbocycles. The molecule has 0 aliphatic heterocycles. The molecule has 1 aromatic carbocycles. The second-order valence-electron chi connectivity index (χ2n) is 5.23. The summed E-state index contributed by atoms with van der Waals surface area (Å²) in [6.45, 7) is 1.48. The largest absolute Gasteiger partial charge is 0.394 e. The Balaban J connectivity index is 2.22. The predicted octanol–water partition coefficient (Wildman–Crippen LogP) is 3.95. The smallest absolute Gasteiger partial charge is 0.391 e. The second-order valence-corrected chi connectivity index (χ2v) is 5.67. The Bertz CT molecular complexity index is 640. The van der Waals surface area contributed by atoms with Crippen LogP contribution in [0.4, 0.5) is 19.0 Å². The van der Waals surface area contributed by atoms with Crippen molar-refractivity contribution in [3.63, 3.8) is 0 Å². The molecule has 0 saturated heterocycles. The van der Waals surface area contributed by atoms with Crippen LogP contribution in [0.15, 0.2) is 30.3 Å². The molecule has 0 fully saturated rings. The van der Waals surface area contributed by atoms with E-state index in [2.05, 4.69) is 10.4 Å². The van der Waals surface area contributed by atoms with Gasteiger partial charge in [0, 0.05) is 22.7 Å². The van der Waals surface area contributed by atoms with E-state index in [1.807, 2.05) is 0 Å². The minimum Gasteiger partial charge on any atom is -0.394 e. The van der Waals surface area contributed by atoms with E-state index in [4.69, 9.17) is 16.7 Å². The normalized spacial score (nSPS) is 13.1. The van der Waals surface area contributed by atoms with Crippen molar-refractivity contribution >= 4 is 17.4 Å². The molecule has 1 atom stereocenters. The van der Waals surface area contributed by atoms with Crippen molar-refractivity contribution in [1.82, 2.24) is 9.78 Å². The van der Waals surface area contributed by atoms with Crippen LogP contribution in [0.25, 0.3) is 11.3 Å².